The fraction of sp³-hybridized carbons (Fsp3) is 0.455. The molecule has 2 aliphatic rings. The van der Waals surface area contributed by atoms with Gasteiger partial charge in [-0.2, -0.15) is 0 Å². The number of nitrogens with zero attached hydrogens (tertiary/aromatic N) is 1. The van der Waals surface area contributed by atoms with Gasteiger partial charge in [-0.25, -0.2) is 9.79 Å². The third kappa shape index (κ3) is 3.43. The van der Waals surface area contributed by atoms with Crippen molar-refractivity contribution < 1.29 is 19.0 Å². The van der Waals surface area contributed by atoms with E-state index < -0.39 is 23.1 Å². The first-order chi connectivity index (χ1) is 14.7. The molecule has 0 amide bonds. The molecule has 2 atom stereocenters. The highest BCUT2D eigenvalue weighted by Gasteiger charge is 2.47. The average molecular weight is 427 g/mol. The second kappa shape index (κ2) is 7.40. The zero-order valence-corrected chi connectivity index (χ0v) is 18.1. The summed E-state index contributed by atoms with van der Waals surface area (Å²) in [4.78, 5) is 47.6. The predicted molar refractivity (Wildman–Crippen MR) is 114 cm³/mol. The van der Waals surface area contributed by atoms with E-state index in [0.29, 0.717) is 41.4 Å². The number of rotatable bonds is 4. The van der Waals surface area contributed by atoms with Crippen LogP contribution in [0.5, 0.6) is 17.2 Å². The molecule has 0 spiro atoms. The fourth-order valence-electron chi connectivity index (χ4n) is 4.73. The van der Waals surface area contributed by atoms with Crippen LogP contribution in [0.2, 0.25) is 0 Å². The van der Waals surface area contributed by atoms with Crippen LogP contribution in [0.25, 0.3) is 0 Å². The Bertz CT molecular complexity index is 1180. The van der Waals surface area contributed by atoms with E-state index >= 15 is 0 Å². The molecule has 2 unspecified atom stereocenters. The first-order valence-electron chi connectivity index (χ1n) is 9.95. The van der Waals surface area contributed by atoms with Crippen LogP contribution in [-0.4, -0.2) is 42.8 Å². The highest BCUT2D eigenvalue weighted by Crippen LogP contribution is 2.49. The summed E-state index contributed by atoms with van der Waals surface area (Å²) in [5.74, 6) is 0.147. The summed E-state index contributed by atoms with van der Waals surface area (Å²) in [7, 11) is 4.51. The minimum absolute atomic E-state index is 0.00463. The molecule has 2 heterocycles. The lowest BCUT2D eigenvalue weighted by molar-refractivity contribution is -0.124. The summed E-state index contributed by atoms with van der Waals surface area (Å²) in [5.41, 5.74) is 0.0725. The number of Topliss-reactive ketones (excluding diaryl/α,β-unsaturated/α-hetero) is 1. The number of hydrogen-bond donors (Lipinski definition) is 2. The largest absolute Gasteiger partial charge is 0.493 e. The average Bonchev–Trinajstić information content (AvgIpc) is 2.69. The van der Waals surface area contributed by atoms with Crippen LogP contribution < -0.4 is 25.5 Å². The van der Waals surface area contributed by atoms with Gasteiger partial charge in [0.2, 0.25) is 5.75 Å². The maximum atomic E-state index is 13.3. The summed E-state index contributed by atoms with van der Waals surface area (Å²) < 4.78 is 16.4. The van der Waals surface area contributed by atoms with Crippen molar-refractivity contribution in [2.45, 2.75) is 32.6 Å². The number of benzene rings is 1. The standard InChI is InChI=1S/C22H25N3O6/c1-22(2)8-11-16(12(26)9-22)15(17-19(23-11)24-21(28)25-20(17)27)10-6-13(29-3)18(31-5)14(7-10)30-4/h6-7,15-16H,8-9H2,1-5H3,(H2,24,25,27,28). The number of hydrogen-bond acceptors (Lipinski definition) is 7. The molecule has 0 bridgehead atoms. The van der Waals surface area contributed by atoms with Gasteiger partial charge < -0.3 is 14.2 Å². The molecule has 31 heavy (non-hydrogen) atoms. The molecule has 9 nitrogen and oxygen atoms in total. The number of aromatic amines is 2. The van der Waals surface area contributed by atoms with E-state index in [2.05, 4.69) is 15.0 Å². The molecule has 1 aliphatic heterocycles. The fourth-order valence-corrected chi connectivity index (χ4v) is 4.73. The summed E-state index contributed by atoms with van der Waals surface area (Å²) in [6.07, 6.45) is 0.951. The van der Waals surface area contributed by atoms with Gasteiger partial charge in [-0.05, 0) is 29.5 Å². The van der Waals surface area contributed by atoms with Crippen LogP contribution in [0.3, 0.4) is 0 Å². The van der Waals surface area contributed by atoms with Crippen molar-refractivity contribution in [1.82, 2.24) is 9.97 Å². The number of carbonyl (C=O) groups excluding carboxylic acids is 1. The number of H-pyrrole nitrogens is 2. The van der Waals surface area contributed by atoms with Gasteiger partial charge in [0, 0.05) is 18.1 Å². The number of ether oxygens (including phenoxy) is 3. The SMILES string of the molecule is COc1cc(C2c3c([nH]c(=O)[nH]c3=O)N=C3CC(C)(C)CC(=O)C32)cc(OC)c1OC. The molecule has 2 N–H and O–H groups in total. The van der Waals surface area contributed by atoms with Gasteiger partial charge in [0.05, 0.1) is 32.8 Å². The first kappa shape index (κ1) is 20.9. The molecule has 0 saturated heterocycles. The van der Waals surface area contributed by atoms with Crippen LogP contribution in [-0.2, 0) is 4.79 Å². The van der Waals surface area contributed by atoms with Crippen LogP contribution in [0, 0.1) is 11.3 Å². The molecule has 1 aromatic heterocycles. The van der Waals surface area contributed by atoms with Crippen molar-refractivity contribution in [3.05, 3.63) is 44.1 Å². The third-order valence-electron chi connectivity index (χ3n) is 5.92. The molecule has 1 aromatic carbocycles. The Kier molecular flexibility index (Phi) is 4.99. The molecule has 164 valence electrons. The van der Waals surface area contributed by atoms with Gasteiger partial charge in [0.15, 0.2) is 11.5 Å². The zero-order valence-electron chi connectivity index (χ0n) is 18.1. The number of fused-ring (bicyclic) bond motifs is 2. The van der Waals surface area contributed by atoms with Gasteiger partial charge in [-0.15, -0.1) is 0 Å². The maximum absolute atomic E-state index is 13.3. The van der Waals surface area contributed by atoms with Crippen molar-refractivity contribution in [2.24, 2.45) is 16.3 Å². The molecule has 1 saturated carbocycles. The lowest BCUT2D eigenvalue weighted by atomic mass is 9.64. The quantitative estimate of drug-likeness (QED) is 0.772. The molecule has 4 rings (SSSR count). The van der Waals surface area contributed by atoms with E-state index in [4.69, 9.17) is 14.2 Å². The smallest absolute Gasteiger partial charge is 0.327 e. The van der Waals surface area contributed by atoms with Crippen molar-refractivity contribution in [3.8, 4) is 17.2 Å². The number of aromatic nitrogens is 2. The minimum atomic E-state index is -0.652. The van der Waals surface area contributed by atoms with E-state index in [1.165, 1.54) is 21.3 Å². The Labute approximate surface area is 178 Å². The monoisotopic (exact) mass is 427 g/mol. The van der Waals surface area contributed by atoms with Crippen LogP contribution in [0.1, 0.15) is 43.7 Å². The van der Waals surface area contributed by atoms with Crippen LogP contribution in [0.4, 0.5) is 5.82 Å². The Morgan fingerprint density at radius 2 is 1.58 bits per heavy atom. The topological polar surface area (TPSA) is 123 Å². The normalized spacial score (nSPS) is 21.6. The van der Waals surface area contributed by atoms with Gasteiger partial charge in [0.1, 0.15) is 11.6 Å². The minimum Gasteiger partial charge on any atom is -0.493 e. The highest BCUT2D eigenvalue weighted by molar-refractivity contribution is 6.11. The number of nitrogens with one attached hydrogen (secondary N) is 2. The van der Waals surface area contributed by atoms with Crippen molar-refractivity contribution in [3.63, 3.8) is 0 Å². The highest BCUT2D eigenvalue weighted by atomic mass is 16.5. The molecule has 2 aromatic rings. The summed E-state index contributed by atoms with van der Waals surface area (Å²) in [5, 5.41) is 0. The molecular weight excluding hydrogens is 402 g/mol. The summed E-state index contributed by atoms with van der Waals surface area (Å²) >= 11 is 0. The molecule has 0 radical (unpaired) electrons. The van der Waals surface area contributed by atoms with E-state index in [1.807, 2.05) is 13.8 Å². The number of methoxy groups -OCH3 is 3. The first-order valence-corrected chi connectivity index (χ1v) is 9.95. The lowest BCUT2D eigenvalue weighted by Gasteiger charge is -2.40. The van der Waals surface area contributed by atoms with E-state index in [0.717, 1.165) is 0 Å². The number of aliphatic imine (C=N–C) groups is 1. The van der Waals surface area contributed by atoms with E-state index in [9.17, 15) is 14.4 Å². The third-order valence-corrected chi connectivity index (χ3v) is 5.92. The second-order valence-electron chi connectivity index (χ2n) is 8.67. The Morgan fingerprint density at radius 3 is 2.16 bits per heavy atom. The summed E-state index contributed by atoms with van der Waals surface area (Å²) in [6, 6.07) is 3.46. The molecule has 1 aliphatic carbocycles. The molecule has 9 heteroatoms. The molecule has 1 fully saturated rings. The summed E-state index contributed by atoms with van der Waals surface area (Å²) in [6.45, 7) is 4.02. The van der Waals surface area contributed by atoms with Gasteiger partial charge in [-0.3, -0.25) is 19.6 Å². The van der Waals surface area contributed by atoms with Crippen LogP contribution in [0.15, 0.2) is 26.7 Å². The van der Waals surface area contributed by atoms with Gasteiger partial charge in [-0.1, -0.05) is 13.8 Å². The van der Waals surface area contributed by atoms with E-state index in [-0.39, 0.29) is 22.6 Å². The lowest BCUT2D eigenvalue weighted by Crippen LogP contribution is -2.44. The number of carbonyl (C=O) groups is 1. The Hall–Kier alpha value is -3.36. The van der Waals surface area contributed by atoms with Crippen molar-refractivity contribution >= 4 is 17.3 Å². The van der Waals surface area contributed by atoms with Gasteiger partial charge >= 0.3 is 5.69 Å². The zero-order chi connectivity index (χ0) is 22.5. The Balaban J connectivity index is 2.01. The second-order valence-corrected chi connectivity index (χ2v) is 8.67. The Morgan fingerprint density at radius 1 is 0.935 bits per heavy atom. The molecular formula is C22H25N3O6. The van der Waals surface area contributed by atoms with Crippen molar-refractivity contribution in [1.29, 1.82) is 0 Å². The predicted octanol–water partition coefficient (Wildman–Crippen LogP) is 2.31. The maximum Gasteiger partial charge on any atom is 0.327 e. The van der Waals surface area contributed by atoms with Crippen LogP contribution >= 0.6 is 0 Å². The number of ketones is 1. The van der Waals surface area contributed by atoms with E-state index in [1.54, 1.807) is 12.1 Å². The van der Waals surface area contributed by atoms with Crippen molar-refractivity contribution in [2.75, 3.05) is 21.3 Å². The van der Waals surface area contributed by atoms with Gasteiger partial charge in [0.25, 0.3) is 5.56 Å².